The van der Waals surface area contributed by atoms with Gasteiger partial charge in [-0.3, -0.25) is 9.59 Å². The molecule has 0 spiro atoms. The first-order chi connectivity index (χ1) is 64.7. The summed E-state index contributed by atoms with van der Waals surface area (Å²) in [7, 11) is 0. The van der Waals surface area contributed by atoms with E-state index in [-0.39, 0.29) is 30.1 Å². The number of carbonyl (C=O) groups excluding carboxylic acids is 2. The van der Waals surface area contributed by atoms with Crippen molar-refractivity contribution in [1.82, 2.24) is 0 Å². The topological polar surface area (TPSA) is 130 Å². The van der Waals surface area contributed by atoms with Crippen molar-refractivity contribution in [3.63, 3.8) is 0 Å². The molecule has 10 heteroatoms. The number of benzene rings is 8. The molecule has 0 radical (unpaired) electrons. The summed E-state index contributed by atoms with van der Waals surface area (Å²) in [6.07, 6.45) is 33.0. The van der Waals surface area contributed by atoms with Crippen molar-refractivity contribution in [1.29, 1.82) is 0 Å². The van der Waals surface area contributed by atoms with Crippen LogP contribution in [-0.2, 0) is 52.6 Å². The molecular weight excluding hydrogens is 1660 g/mol. The van der Waals surface area contributed by atoms with E-state index >= 15 is 0 Å². The Morgan fingerprint density at radius 1 is 0.356 bits per heavy atom. The van der Waals surface area contributed by atoms with Crippen molar-refractivity contribution >= 4 is 11.9 Å². The van der Waals surface area contributed by atoms with Gasteiger partial charge in [0.15, 0.2) is 0 Å². The minimum absolute atomic E-state index is 0.0641. The van der Waals surface area contributed by atoms with Gasteiger partial charge in [0.2, 0.25) is 12.6 Å². The van der Waals surface area contributed by atoms with Crippen molar-refractivity contribution in [2.45, 2.75) is 397 Å². The molecular formula is C125H178O10. The Labute approximate surface area is 819 Å². The van der Waals surface area contributed by atoms with Crippen LogP contribution in [0.4, 0.5) is 0 Å². The second-order valence-electron chi connectivity index (χ2n) is 44.8. The molecule has 10 nitrogen and oxygen atoms in total. The van der Waals surface area contributed by atoms with Crippen LogP contribution >= 0.6 is 0 Å². The van der Waals surface area contributed by atoms with Crippen molar-refractivity contribution in [3.05, 3.63) is 262 Å². The molecule has 0 aliphatic heterocycles. The van der Waals surface area contributed by atoms with Crippen LogP contribution in [0.5, 0.6) is 23.0 Å². The van der Waals surface area contributed by atoms with Crippen LogP contribution in [-0.4, -0.2) is 46.9 Å². The number of fused-ring (bicyclic) bond motifs is 12. The molecule has 0 aromatic heterocycles. The van der Waals surface area contributed by atoms with Crippen molar-refractivity contribution in [3.8, 4) is 23.0 Å². The molecule has 20 unspecified atom stereocenters. The third-order valence-corrected chi connectivity index (χ3v) is 34.2. The standard InChI is InChI=1S/2C24H36O2.C18H26O2.C17H24O2.2C11H14.2C10H14O/c2*1-5-16(4)17-9-11-19(12-10-17)25-24(15(2)3)26-23-14-18-13-22(23)21-8-6-7-20(18)21;1-4-17(2,3)16(19)20-18(13-9-6-10-14-18)15-11-7-5-8-12-15;1-4-16(2,3)15(18)19-17(12-8-9-13-17)14-10-6-5-7-11-14;2*1-8-7-10-5-3-4-6-11(10)9(8)2;2*1-3-8(2)9-4-6-10(11)7-5-9/h2*9-12,15-16,18,20-24H,5-8,13-14H2,1-4H3;5,7-8,11-12H,4,6,9-10,13-14H2,1-3H3;5-7,10-11H,4,8-9,12-13H2,1-3H3;2*3-6,8-9H,7H2,1-2H3;2*4-8,11H,3H2,1-2H3. The van der Waals surface area contributed by atoms with E-state index < -0.39 is 16.4 Å². The van der Waals surface area contributed by atoms with Gasteiger partial charge in [0.1, 0.15) is 34.2 Å². The average Bonchev–Trinajstić information content (AvgIpc) is 1.60. The van der Waals surface area contributed by atoms with Gasteiger partial charge in [-0.2, -0.15) is 0 Å². The summed E-state index contributed by atoms with van der Waals surface area (Å²) >= 11 is 0. The van der Waals surface area contributed by atoms with Crippen molar-refractivity contribution in [2.24, 2.45) is 81.8 Å². The molecule has 20 atom stereocenters. The van der Waals surface area contributed by atoms with Crippen LogP contribution in [0.3, 0.4) is 0 Å². The van der Waals surface area contributed by atoms with Crippen LogP contribution < -0.4 is 9.47 Å². The van der Waals surface area contributed by atoms with Crippen LogP contribution in [0.1, 0.15) is 404 Å². The second kappa shape index (κ2) is 50.6. The highest BCUT2D eigenvalue weighted by Crippen LogP contribution is 2.61. The Morgan fingerprint density at radius 2 is 0.652 bits per heavy atom. The second-order valence-corrected chi connectivity index (χ2v) is 44.8. The van der Waals surface area contributed by atoms with Crippen LogP contribution in [0, 0.1) is 81.8 Å². The van der Waals surface area contributed by atoms with Gasteiger partial charge in [-0.1, -0.05) is 302 Å². The first-order valence-electron chi connectivity index (χ1n) is 53.8. The molecule has 4 bridgehead atoms. The highest BCUT2D eigenvalue weighted by Gasteiger charge is 2.57. The van der Waals surface area contributed by atoms with Crippen LogP contribution in [0.25, 0.3) is 0 Å². The summed E-state index contributed by atoms with van der Waals surface area (Å²) in [6.45, 7) is 47.9. The number of ether oxygens (including phenoxy) is 6. The van der Waals surface area contributed by atoms with Gasteiger partial charge in [-0.25, -0.2) is 0 Å². The fourth-order valence-corrected chi connectivity index (χ4v) is 23.2. The first-order valence-corrected chi connectivity index (χ1v) is 53.8. The maximum atomic E-state index is 12.5. The summed E-state index contributed by atoms with van der Waals surface area (Å²) in [5.74, 6) is 16.2. The third-order valence-electron chi connectivity index (χ3n) is 34.2. The number of carbonyl (C=O) groups is 2. The minimum atomic E-state index is -0.404. The summed E-state index contributed by atoms with van der Waals surface area (Å²) in [6, 6.07) is 70.3. The zero-order chi connectivity index (χ0) is 97.3. The summed E-state index contributed by atoms with van der Waals surface area (Å²) in [4.78, 5) is 24.9. The SMILES string of the molecule is CC1Cc2ccccc2C1C.CC1Cc2ccccc2C1C.CCC(C)(C)C(=O)OC1(c2ccccc2)CCCC1.CCC(C)(C)C(=O)OC1(c2ccccc2)CCCCC1.CCC(C)c1ccc(O)cc1.CCC(C)c1ccc(O)cc1.CCC(C)c1ccc(OC(OC2CC3CC2C2CCCC32)C(C)C)cc1.CCC(C)c1ccc(OC(OC2CC3CC2C2CCCC32)C(C)C)cc1. The zero-order valence-electron chi connectivity index (χ0n) is 87.6. The van der Waals surface area contributed by atoms with E-state index in [4.69, 9.17) is 38.6 Å². The van der Waals surface area contributed by atoms with E-state index in [0.29, 0.717) is 59.2 Å². The van der Waals surface area contributed by atoms with E-state index in [1.54, 1.807) is 46.5 Å². The molecule has 10 aliphatic rings. The maximum Gasteiger partial charge on any atom is 0.312 e. The fourth-order valence-electron chi connectivity index (χ4n) is 23.2. The number of esters is 2. The Balaban J connectivity index is 0.000000152. The van der Waals surface area contributed by atoms with E-state index in [1.165, 1.54) is 119 Å². The molecule has 135 heavy (non-hydrogen) atoms. The molecule has 2 N–H and O–H groups in total. The first kappa shape index (κ1) is 107. The summed E-state index contributed by atoms with van der Waals surface area (Å²) < 4.78 is 37.9. The lowest BCUT2D eigenvalue weighted by molar-refractivity contribution is -0.176. The lowest BCUT2D eigenvalue weighted by atomic mass is 9.79. The van der Waals surface area contributed by atoms with Gasteiger partial charge in [-0.15, -0.1) is 0 Å². The summed E-state index contributed by atoms with van der Waals surface area (Å²) in [5, 5.41) is 18.0. The third kappa shape index (κ3) is 28.4. The number of aromatic hydroxyl groups is 2. The van der Waals surface area contributed by atoms with E-state index in [2.05, 4.69) is 232 Å². The molecule has 18 rings (SSSR count). The predicted octanol–water partition coefficient (Wildman–Crippen LogP) is 33.8. The number of phenolic OH excluding ortho intramolecular Hbond substituents is 2. The Bertz CT molecular complexity index is 4570. The Morgan fingerprint density at radius 3 is 0.956 bits per heavy atom. The maximum absolute atomic E-state index is 12.5. The highest BCUT2D eigenvalue weighted by molar-refractivity contribution is 5.77. The molecule has 8 aromatic rings. The quantitative estimate of drug-likeness (QED) is 0.0399. The number of hydrogen-bond donors (Lipinski definition) is 2. The zero-order valence-corrected chi connectivity index (χ0v) is 87.6. The van der Waals surface area contributed by atoms with E-state index in [0.717, 1.165) is 171 Å². The van der Waals surface area contributed by atoms with Crippen LogP contribution in [0.2, 0.25) is 0 Å². The fraction of sp³-hybridized carbons (Fsp3) is 0.600. The molecule has 0 amide bonds. The number of hydrogen-bond acceptors (Lipinski definition) is 10. The van der Waals surface area contributed by atoms with Crippen molar-refractivity contribution < 1.29 is 48.2 Å². The van der Waals surface area contributed by atoms with Gasteiger partial charge in [0.25, 0.3) is 0 Å². The van der Waals surface area contributed by atoms with Gasteiger partial charge in [0.05, 0.1) is 23.0 Å². The lowest BCUT2D eigenvalue weighted by Gasteiger charge is -2.39. The summed E-state index contributed by atoms with van der Waals surface area (Å²) in [5.41, 5.74) is 12.4. The normalized spacial score (nSPS) is 25.5. The van der Waals surface area contributed by atoms with Crippen molar-refractivity contribution in [2.75, 3.05) is 0 Å². The molecule has 8 saturated carbocycles. The van der Waals surface area contributed by atoms with Crippen LogP contribution in [0.15, 0.2) is 206 Å². The largest absolute Gasteiger partial charge is 0.508 e. The Kier molecular flexibility index (Phi) is 40.2. The molecule has 738 valence electrons. The molecule has 8 aromatic carbocycles. The molecule has 10 aliphatic carbocycles. The number of rotatable bonds is 26. The number of phenols is 2. The molecule has 0 heterocycles. The van der Waals surface area contributed by atoms with E-state index in [9.17, 15) is 9.59 Å². The lowest BCUT2D eigenvalue weighted by Crippen LogP contribution is -2.39. The molecule has 8 fully saturated rings. The van der Waals surface area contributed by atoms with Gasteiger partial charge < -0.3 is 38.6 Å². The Hall–Kier alpha value is -8.18. The predicted molar refractivity (Wildman–Crippen MR) is 560 cm³/mol. The minimum Gasteiger partial charge on any atom is -0.508 e. The van der Waals surface area contributed by atoms with Gasteiger partial charge in [-0.05, 0) is 381 Å². The van der Waals surface area contributed by atoms with Gasteiger partial charge in [0, 0.05) is 11.8 Å². The van der Waals surface area contributed by atoms with E-state index in [1.807, 2.05) is 102 Å². The monoisotopic (exact) mass is 1840 g/mol. The smallest absolute Gasteiger partial charge is 0.312 e. The average molecular weight is 1840 g/mol. The highest BCUT2D eigenvalue weighted by atomic mass is 16.7. The molecule has 0 saturated heterocycles. The van der Waals surface area contributed by atoms with Gasteiger partial charge >= 0.3 is 11.9 Å².